The normalized spacial score (nSPS) is 25.8. The number of hydrogen-bond donors (Lipinski definition) is 2. The van der Waals surface area contributed by atoms with Gasteiger partial charge in [-0.2, -0.15) is 0 Å². The van der Waals surface area contributed by atoms with Crippen LogP contribution in [0.3, 0.4) is 0 Å². The highest BCUT2D eigenvalue weighted by Gasteiger charge is 2.42. The number of hydrogen-bond acceptors (Lipinski definition) is 2. The van der Waals surface area contributed by atoms with Crippen molar-refractivity contribution in [1.29, 1.82) is 0 Å². The summed E-state index contributed by atoms with van der Waals surface area (Å²) in [6.45, 7) is 1.78. The largest absolute Gasteiger partial charge is 0.307 e. The van der Waals surface area contributed by atoms with E-state index in [1.807, 2.05) is 24.3 Å². The van der Waals surface area contributed by atoms with Crippen molar-refractivity contribution in [2.24, 2.45) is 0 Å². The Labute approximate surface area is 125 Å². The average Bonchev–Trinajstić information content (AvgIpc) is 2.89. The summed E-state index contributed by atoms with van der Waals surface area (Å²) < 4.78 is 0. The Morgan fingerprint density at radius 2 is 1.70 bits per heavy atom. The van der Waals surface area contributed by atoms with E-state index in [0.29, 0.717) is 0 Å². The third-order valence-corrected chi connectivity index (χ3v) is 4.50. The van der Waals surface area contributed by atoms with Crippen LogP contribution >= 0.6 is 11.6 Å². The first kappa shape index (κ1) is 13.6. The van der Waals surface area contributed by atoms with Crippen molar-refractivity contribution in [3.05, 3.63) is 71.8 Å². The van der Waals surface area contributed by atoms with Gasteiger partial charge < -0.3 is 5.32 Å². The fraction of sp³-hybridized carbons (Fsp3) is 0.294. The van der Waals surface area contributed by atoms with Crippen molar-refractivity contribution < 1.29 is 0 Å². The van der Waals surface area contributed by atoms with Crippen LogP contribution < -0.4 is 10.6 Å². The van der Waals surface area contributed by atoms with Crippen molar-refractivity contribution in [1.82, 2.24) is 10.6 Å². The Balaban J connectivity index is 1.73. The van der Waals surface area contributed by atoms with Gasteiger partial charge in [-0.25, -0.2) is 0 Å². The van der Waals surface area contributed by atoms with E-state index in [9.17, 15) is 0 Å². The first-order valence-corrected chi connectivity index (χ1v) is 7.43. The minimum atomic E-state index is -0.504. The highest BCUT2D eigenvalue weighted by atomic mass is 35.5. The van der Waals surface area contributed by atoms with E-state index < -0.39 is 5.00 Å². The fourth-order valence-corrected chi connectivity index (χ4v) is 3.19. The van der Waals surface area contributed by atoms with Crippen LogP contribution in [0.15, 0.2) is 60.7 Å². The lowest BCUT2D eigenvalue weighted by atomic mass is 9.99. The van der Waals surface area contributed by atoms with Crippen molar-refractivity contribution in [2.75, 3.05) is 6.54 Å². The molecule has 2 nitrogen and oxygen atoms in total. The molecule has 1 fully saturated rings. The van der Waals surface area contributed by atoms with Crippen LogP contribution in [0.1, 0.15) is 17.5 Å². The summed E-state index contributed by atoms with van der Waals surface area (Å²) in [4.78, 5) is -0.504. The predicted molar refractivity (Wildman–Crippen MR) is 83.7 cm³/mol. The minimum Gasteiger partial charge on any atom is -0.307 e. The van der Waals surface area contributed by atoms with Crippen LogP contribution in [0.2, 0.25) is 0 Å². The van der Waals surface area contributed by atoms with Gasteiger partial charge in [0.15, 0.2) is 0 Å². The Bertz CT molecular complexity index is 543. The Morgan fingerprint density at radius 1 is 1.05 bits per heavy atom. The molecule has 3 heteroatoms. The van der Waals surface area contributed by atoms with Crippen LogP contribution in [0.4, 0.5) is 0 Å². The van der Waals surface area contributed by atoms with E-state index in [0.717, 1.165) is 25.1 Å². The zero-order valence-electron chi connectivity index (χ0n) is 11.4. The minimum absolute atomic E-state index is 0.228. The molecule has 104 valence electrons. The van der Waals surface area contributed by atoms with Gasteiger partial charge in [-0.05, 0) is 24.1 Å². The maximum Gasteiger partial charge on any atom is 0.135 e. The second-order valence-corrected chi connectivity index (χ2v) is 5.81. The van der Waals surface area contributed by atoms with Crippen molar-refractivity contribution in [2.45, 2.75) is 24.0 Å². The molecule has 0 bridgehead atoms. The molecule has 1 aliphatic rings. The molecule has 2 aromatic rings. The Kier molecular flexibility index (Phi) is 4.06. The molecular weight excluding hydrogens is 268 g/mol. The second kappa shape index (κ2) is 5.96. The summed E-state index contributed by atoms with van der Waals surface area (Å²) in [5, 5.41) is 7.03. The highest BCUT2D eigenvalue weighted by Crippen LogP contribution is 2.35. The molecule has 2 N–H and O–H groups in total. The van der Waals surface area contributed by atoms with Gasteiger partial charge in [0.2, 0.25) is 0 Å². The number of alkyl halides is 1. The SMILES string of the molecule is ClC1(c2ccccc2)NCCC1NCc1ccccc1. The lowest BCUT2D eigenvalue weighted by molar-refractivity contribution is 0.415. The number of halogens is 1. The maximum absolute atomic E-state index is 6.85. The third-order valence-electron chi connectivity index (χ3n) is 3.88. The first-order valence-electron chi connectivity index (χ1n) is 7.06. The molecule has 0 aromatic heterocycles. The van der Waals surface area contributed by atoms with E-state index in [4.69, 9.17) is 11.6 Å². The monoisotopic (exact) mass is 286 g/mol. The van der Waals surface area contributed by atoms with Gasteiger partial charge in [0.05, 0.1) is 0 Å². The summed E-state index contributed by atoms with van der Waals surface area (Å²) in [5.41, 5.74) is 2.41. The molecule has 0 amide bonds. The van der Waals surface area contributed by atoms with Crippen molar-refractivity contribution in [3.8, 4) is 0 Å². The second-order valence-electron chi connectivity index (χ2n) is 5.21. The van der Waals surface area contributed by atoms with E-state index in [1.165, 1.54) is 5.56 Å². The number of nitrogens with one attached hydrogen (secondary N) is 2. The lowest BCUT2D eigenvalue weighted by Gasteiger charge is -2.30. The summed E-state index contributed by atoms with van der Waals surface area (Å²) in [7, 11) is 0. The van der Waals surface area contributed by atoms with Crippen LogP contribution in [-0.2, 0) is 11.5 Å². The maximum atomic E-state index is 6.85. The third kappa shape index (κ3) is 2.73. The number of rotatable bonds is 4. The molecule has 3 rings (SSSR count). The zero-order valence-corrected chi connectivity index (χ0v) is 12.1. The molecule has 1 heterocycles. The summed E-state index contributed by atoms with van der Waals surface area (Å²) >= 11 is 6.85. The Morgan fingerprint density at radius 3 is 2.40 bits per heavy atom. The Hall–Kier alpha value is -1.35. The molecule has 0 saturated carbocycles. The van der Waals surface area contributed by atoms with Crippen molar-refractivity contribution >= 4 is 11.6 Å². The van der Waals surface area contributed by atoms with E-state index in [-0.39, 0.29) is 6.04 Å². The first-order chi connectivity index (χ1) is 9.79. The quantitative estimate of drug-likeness (QED) is 0.666. The molecule has 1 saturated heterocycles. The molecule has 2 atom stereocenters. The van der Waals surface area contributed by atoms with E-state index >= 15 is 0 Å². The van der Waals surface area contributed by atoms with E-state index in [2.05, 4.69) is 47.0 Å². The van der Waals surface area contributed by atoms with Gasteiger partial charge in [-0.3, -0.25) is 5.32 Å². The van der Waals surface area contributed by atoms with Gasteiger partial charge in [0.25, 0.3) is 0 Å². The lowest BCUT2D eigenvalue weighted by Crippen LogP contribution is -2.46. The van der Waals surface area contributed by atoms with Crippen LogP contribution in [0.25, 0.3) is 0 Å². The number of benzene rings is 2. The topological polar surface area (TPSA) is 24.1 Å². The summed E-state index contributed by atoms with van der Waals surface area (Å²) in [6, 6.07) is 20.9. The van der Waals surface area contributed by atoms with Gasteiger partial charge in [0.1, 0.15) is 5.00 Å². The molecular formula is C17H19ClN2. The van der Waals surface area contributed by atoms with Crippen LogP contribution in [0, 0.1) is 0 Å². The van der Waals surface area contributed by atoms with Gasteiger partial charge >= 0.3 is 0 Å². The van der Waals surface area contributed by atoms with Gasteiger partial charge in [-0.1, -0.05) is 72.3 Å². The fourth-order valence-electron chi connectivity index (χ4n) is 2.78. The standard InChI is InChI=1S/C17H19ClN2/c18-17(15-9-5-2-6-10-15)16(11-12-20-17)19-13-14-7-3-1-4-8-14/h1-10,16,19-20H,11-13H2. The molecule has 20 heavy (non-hydrogen) atoms. The molecule has 0 spiro atoms. The van der Waals surface area contributed by atoms with E-state index in [1.54, 1.807) is 0 Å². The molecule has 2 unspecified atom stereocenters. The highest BCUT2D eigenvalue weighted by molar-refractivity contribution is 6.24. The van der Waals surface area contributed by atoms with Crippen LogP contribution in [-0.4, -0.2) is 12.6 Å². The van der Waals surface area contributed by atoms with Gasteiger partial charge in [0, 0.05) is 12.6 Å². The summed E-state index contributed by atoms with van der Waals surface area (Å²) in [6.07, 6.45) is 1.03. The molecule has 1 aliphatic heterocycles. The molecule has 0 radical (unpaired) electrons. The zero-order chi connectivity index (χ0) is 13.8. The van der Waals surface area contributed by atoms with Crippen molar-refractivity contribution in [3.63, 3.8) is 0 Å². The predicted octanol–water partition coefficient (Wildman–Crippen LogP) is 3.23. The van der Waals surface area contributed by atoms with Gasteiger partial charge in [-0.15, -0.1) is 0 Å². The molecule has 0 aliphatic carbocycles. The average molecular weight is 287 g/mol. The smallest absolute Gasteiger partial charge is 0.135 e. The molecule has 2 aromatic carbocycles. The van der Waals surface area contributed by atoms with Crippen LogP contribution in [0.5, 0.6) is 0 Å². The summed E-state index contributed by atoms with van der Waals surface area (Å²) in [5.74, 6) is 0.